The summed E-state index contributed by atoms with van der Waals surface area (Å²) in [5, 5.41) is 15.9. The second-order valence-electron chi connectivity index (χ2n) is 17.7. The minimum atomic E-state index is -2.37. The van der Waals surface area contributed by atoms with Crippen LogP contribution in [0.25, 0.3) is 5.57 Å². The van der Waals surface area contributed by atoms with E-state index in [2.05, 4.69) is 149 Å². The van der Waals surface area contributed by atoms with Gasteiger partial charge in [-0.2, -0.15) is 0 Å². The van der Waals surface area contributed by atoms with Crippen molar-refractivity contribution in [2.75, 3.05) is 4.90 Å². The summed E-state index contributed by atoms with van der Waals surface area (Å²) < 4.78 is 2.64. The van der Waals surface area contributed by atoms with E-state index in [9.17, 15) is 9.90 Å². The van der Waals surface area contributed by atoms with Gasteiger partial charge in [-0.15, -0.1) is 0 Å². The Morgan fingerprint density at radius 2 is 1.38 bits per heavy atom. The SMILES string of the molecule is CC1CC(C)(C)N(Cc2ccccc2)c2cc3c(cc21)C(c1ccccc1C(=O)O)=c1cc2c(cc1[Si]3(C)C)=[N+](Cc1ccccc1)C(C)(C)CC2C. The normalized spacial score (nSPS) is 20.6. The molecule has 0 aromatic heterocycles. The number of aromatic carboxylic acids is 1. The van der Waals surface area contributed by atoms with E-state index in [1.54, 1.807) is 6.07 Å². The maximum absolute atomic E-state index is 12.9. The lowest BCUT2D eigenvalue weighted by atomic mass is 9.78. The summed E-state index contributed by atoms with van der Waals surface area (Å²) in [6, 6.07) is 39.4. The van der Waals surface area contributed by atoms with Gasteiger partial charge in [-0.3, -0.25) is 0 Å². The number of carboxylic acid groups (broad SMARTS) is 1. The largest absolute Gasteiger partial charge is 0.478 e. The molecular formula is C48H53N2O2Si+. The molecular weight excluding hydrogens is 665 g/mol. The van der Waals surface area contributed by atoms with Gasteiger partial charge in [-0.1, -0.05) is 106 Å². The van der Waals surface area contributed by atoms with Crippen LogP contribution in [-0.4, -0.2) is 30.2 Å². The van der Waals surface area contributed by atoms with Crippen LogP contribution >= 0.6 is 0 Å². The fourth-order valence-corrected chi connectivity index (χ4v) is 13.1. The first kappa shape index (κ1) is 35.3. The lowest BCUT2D eigenvalue weighted by Crippen LogP contribution is -2.65. The van der Waals surface area contributed by atoms with Crippen molar-refractivity contribution in [1.29, 1.82) is 0 Å². The highest BCUT2D eigenvalue weighted by Crippen LogP contribution is 2.46. The number of carbonyl (C=O) groups is 1. The van der Waals surface area contributed by atoms with Crippen molar-refractivity contribution in [3.05, 3.63) is 159 Å². The molecule has 0 saturated carbocycles. The third-order valence-corrected chi connectivity index (χ3v) is 16.2. The number of rotatable bonds is 6. The minimum Gasteiger partial charge on any atom is -0.478 e. The molecule has 0 spiro atoms. The Morgan fingerprint density at radius 1 is 0.755 bits per heavy atom. The van der Waals surface area contributed by atoms with Gasteiger partial charge in [0.2, 0.25) is 5.36 Å². The second kappa shape index (κ2) is 12.7. The van der Waals surface area contributed by atoms with Gasteiger partial charge in [0.15, 0.2) is 12.1 Å². The first-order chi connectivity index (χ1) is 25.2. The highest BCUT2D eigenvalue weighted by Gasteiger charge is 2.44. The van der Waals surface area contributed by atoms with Crippen LogP contribution in [0.4, 0.5) is 5.69 Å². The van der Waals surface area contributed by atoms with Gasteiger partial charge in [0.25, 0.3) is 0 Å². The fraction of sp³-hybridized carbons (Fsp3) is 0.333. The van der Waals surface area contributed by atoms with Crippen molar-refractivity contribution in [3.63, 3.8) is 0 Å². The molecule has 2 atom stereocenters. The van der Waals surface area contributed by atoms with Crippen molar-refractivity contribution in [1.82, 2.24) is 4.58 Å². The average molecular weight is 718 g/mol. The summed E-state index contributed by atoms with van der Waals surface area (Å²) in [5.74, 6) is -0.170. The smallest absolute Gasteiger partial charge is 0.336 e. The van der Waals surface area contributed by atoms with Crippen LogP contribution in [0.3, 0.4) is 0 Å². The third-order valence-electron chi connectivity index (χ3n) is 12.7. The van der Waals surface area contributed by atoms with Crippen molar-refractivity contribution in [2.24, 2.45) is 0 Å². The van der Waals surface area contributed by atoms with Crippen molar-refractivity contribution in [3.8, 4) is 0 Å². The first-order valence-electron chi connectivity index (χ1n) is 19.4. The number of carboxylic acids is 1. The minimum absolute atomic E-state index is 0.0318. The topological polar surface area (TPSA) is 43.6 Å². The molecule has 53 heavy (non-hydrogen) atoms. The van der Waals surface area contributed by atoms with E-state index in [0.29, 0.717) is 17.4 Å². The quantitative estimate of drug-likeness (QED) is 0.143. The Morgan fingerprint density at radius 3 is 2.06 bits per heavy atom. The lowest BCUT2D eigenvalue weighted by Gasteiger charge is -2.49. The summed E-state index contributed by atoms with van der Waals surface area (Å²) in [4.78, 5) is 15.6. The van der Waals surface area contributed by atoms with Gasteiger partial charge in [-0.05, 0) is 114 Å². The van der Waals surface area contributed by atoms with Crippen LogP contribution < -0.4 is 30.4 Å². The number of anilines is 1. The Hall–Kier alpha value is -4.74. The molecule has 270 valence electrons. The van der Waals surface area contributed by atoms with E-state index in [1.807, 2.05) is 18.2 Å². The lowest BCUT2D eigenvalue weighted by molar-refractivity contribution is 0.0696. The molecule has 5 aromatic carbocycles. The Balaban J connectivity index is 1.48. The second-order valence-corrected chi connectivity index (χ2v) is 22.1. The van der Waals surface area contributed by atoms with Gasteiger partial charge in [-0.25, -0.2) is 9.37 Å². The number of nitrogens with zero attached hydrogens (tertiary/aromatic N) is 2. The van der Waals surface area contributed by atoms with Crippen LogP contribution in [0.5, 0.6) is 0 Å². The zero-order valence-electron chi connectivity index (χ0n) is 32.6. The third kappa shape index (κ3) is 5.88. The summed E-state index contributed by atoms with van der Waals surface area (Å²) in [6.45, 7) is 21.0. The van der Waals surface area contributed by atoms with E-state index in [0.717, 1.165) is 37.1 Å². The molecule has 3 aliphatic heterocycles. The molecule has 0 amide bonds. The van der Waals surface area contributed by atoms with Crippen LogP contribution in [0, 0.1) is 0 Å². The highest BCUT2D eigenvalue weighted by atomic mass is 28.3. The Labute approximate surface area is 316 Å². The molecule has 5 heteroatoms. The average Bonchev–Trinajstić information content (AvgIpc) is 3.12. The molecule has 0 fully saturated rings. The number of hydrogen-bond acceptors (Lipinski definition) is 2. The van der Waals surface area contributed by atoms with Gasteiger partial charge >= 0.3 is 5.97 Å². The standard InChI is InChI=1S/C48H52N2O2Si/c1-31-27-47(3,4)49(29-33-17-11-9-12-18-33)41-25-43-39(23-37(31)41)45(35-21-15-16-22-36(35)46(51)52)40-24-38-32(2)28-48(5,6)50(30-34-19-13-10-14-20-34)42(38)26-44(40)53(43,7)8/h9-26,31-32H,27-30H2,1-8H3/p+1. The number of hydrogen-bond donors (Lipinski definition) is 1. The van der Waals surface area contributed by atoms with Gasteiger partial charge in [0, 0.05) is 41.4 Å². The first-order valence-corrected chi connectivity index (χ1v) is 22.4. The zero-order chi connectivity index (χ0) is 37.4. The molecule has 4 nitrogen and oxygen atoms in total. The molecule has 0 bridgehead atoms. The molecule has 8 rings (SSSR count). The molecule has 2 unspecified atom stereocenters. The Kier molecular flexibility index (Phi) is 8.45. The van der Waals surface area contributed by atoms with E-state index in [-0.39, 0.29) is 11.1 Å². The van der Waals surface area contributed by atoms with E-state index in [1.165, 1.54) is 54.5 Å². The zero-order valence-corrected chi connectivity index (χ0v) is 33.6. The highest BCUT2D eigenvalue weighted by molar-refractivity contribution is 7.01. The summed E-state index contributed by atoms with van der Waals surface area (Å²) in [6.07, 6.45) is 2.09. The number of benzene rings is 5. The maximum Gasteiger partial charge on any atom is 0.336 e. The maximum atomic E-state index is 12.9. The predicted molar refractivity (Wildman–Crippen MR) is 222 cm³/mol. The van der Waals surface area contributed by atoms with Crippen LogP contribution in [0.1, 0.15) is 110 Å². The van der Waals surface area contributed by atoms with Crippen LogP contribution in [-0.2, 0) is 13.1 Å². The van der Waals surface area contributed by atoms with Crippen LogP contribution in [0.2, 0.25) is 13.1 Å². The van der Waals surface area contributed by atoms with E-state index in [4.69, 9.17) is 0 Å². The van der Waals surface area contributed by atoms with Crippen molar-refractivity contribution < 1.29 is 9.90 Å². The molecule has 1 N–H and O–H groups in total. The number of fused-ring (bicyclic) bond motifs is 4. The van der Waals surface area contributed by atoms with E-state index < -0.39 is 14.0 Å². The fourth-order valence-electron chi connectivity index (χ4n) is 10.1. The summed E-state index contributed by atoms with van der Waals surface area (Å²) in [5.41, 5.74) is 10.1. The predicted octanol–water partition coefficient (Wildman–Crippen LogP) is 8.04. The Bertz CT molecular complexity index is 2390. The summed E-state index contributed by atoms with van der Waals surface area (Å²) in [7, 11) is -2.37. The van der Waals surface area contributed by atoms with Gasteiger partial charge < -0.3 is 10.0 Å². The van der Waals surface area contributed by atoms with E-state index >= 15 is 0 Å². The van der Waals surface area contributed by atoms with Gasteiger partial charge in [0.1, 0.15) is 8.07 Å². The molecule has 3 aliphatic rings. The molecule has 0 saturated heterocycles. The van der Waals surface area contributed by atoms with Gasteiger partial charge in [0.05, 0.1) is 5.56 Å². The molecule has 3 heterocycles. The van der Waals surface area contributed by atoms with Crippen molar-refractivity contribution >= 4 is 35.7 Å². The van der Waals surface area contributed by atoms with Crippen molar-refractivity contribution in [2.45, 2.75) is 103 Å². The molecule has 0 aliphatic carbocycles. The summed E-state index contributed by atoms with van der Waals surface area (Å²) >= 11 is 0. The molecule has 5 aromatic rings. The monoisotopic (exact) mass is 717 g/mol. The molecule has 0 radical (unpaired) electrons. The van der Waals surface area contributed by atoms with Crippen LogP contribution in [0.15, 0.2) is 109 Å².